The zero-order valence-electron chi connectivity index (χ0n) is 11.8. The molecule has 0 aliphatic carbocycles. The SMILES string of the molecule is CCNCc1cc(C)nc(OCc2ccc(Cl)cc2)c1. The molecule has 0 unspecified atom stereocenters. The average Bonchev–Trinajstić information content (AvgIpc) is 2.44. The Kier molecular flexibility index (Phi) is 5.39. The summed E-state index contributed by atoms with van der Waals surface area (Å²) in [4.78, 5) is 4.40. The molecule has 0 aliphatic rings. The van der Waals surface area contributed by atoms with Crippen LogP contribution in [0.15, 0.2) is 36.4 Å². The van der Waals surface area contributed by atoms with E-state index in [-0.39, 0.29) is 0 Å². The maximum Gasteiger partial charge on any atom is 0.214 e. The summed E-state index contributed by atoms with van der Waals surface area (Å²) >= 11 is 5.86. The lowest BCUT2D eigenvalue weighted by Gasteiger charge is -2.09. The van der Waals surface area contributed by atoms with E-state index in [0.29, 0.717) is 12.5 Å². The van der Waals surface area contributed by atoms with Crippen LogP contribution >= 0.6 is 11.6 Å². The highest BCUT2D eigenvalue weighted by atomic mass is 35.5. The lowest BCUT2D eigenvalue weighted by atomic mass is 10.2. The van der Waals surface area contributed by atoms with Gasteiger partial charge in [0.15, 0.2) is 0 Å². The van der Waals surface area contributed by atoms with Gasteiger partial charge >= 0.3 is 0 Å². The van der Waals surface area contributed by atoms with E-state index in [1.165, 1.54) is 5.56 Å². The number of rotatable bonds is 6. The van der Waals surface area contributed by atoms with Gasteiger partial charge in [0.05, 0.1) is 0 Å². The lowest BCUT2D eigenvalue weighted by molar-refractivity contribution is 0.293. The number of benzene rings is 1. The highest BCUT2D eigenvalue weighted by Crippen LogP contribution is 2.15. The Bertz CT molecular complexity index is 555. The fourth-order valence-electron chi connectivity index (χ4n) is 1.89. The molecule has 0 bridgehead atoms. The van der Waals surface area contributed by atoms with Crippen LogP contribution in [0.2, 0.25) is 5.02 Å². The maximum atomic E-state index is 5.86. The average molecular weight is 291 g/mol. The Balaban J connectivity index is 2.01. The Morgan fingerprint density at radius 3 is 2.60 bits per heavy atom. The summed E-state index contributed by atoms with van der Waals surface area (Å²) in [7, 11) is 0. The topological polar surface area (TPSA) is 34.2 Å². The van der Waals surface area contributed by atoms with Crippen molar-refractivity contribution in [1.82, 2.24) is 10.3 Å². The third-order valence-electron chi connectivity index (χ3n) is 2.87. The predicted octanol–water partition coefficient (Wildman–Crippen LogP) is 3.73. The number of nitrogens with zero attached hydrogens (tertiary/aromatic N) is 1. The first-order valence-corrected chi connectivity index (χ1v) is 7.10. The molecule has 2 aromatic rings. The van der Waals surface area contributed by atoms with Gasteiger partial charge in [-0.3, -0.25) is 0 Å². The minimum atomic E-state index is 0.494. The number of halogens is 1. The largest absolute Gasteiger partial charge is 0.473 e. The van der Waals surface area contributed by atoms with Crippen molar-refractivity contribution in [2.24, 2.45) is 0 Å². The van der Waals surface area contributed by atoms with Gasteiger partial charge in [-0.05, 0) is 42.8 Å². The Morgan fingerprint density at radius 1 is 1.15 bits per heavy atom. The van der Waals surface area contributed by atoms with Gasteiger partial charge in [-0.1, -0.05) is 30.7 Å². The minimum Gasteiger partial charge on any atom is -0.473 e. The molecule has 0 fully saturated rings. The van der Waals surface area contributed by atoms with Crippen molar-refractivity contribution < 1.29 is 4.74 Å². The van der Waals surface area contributed by atoms with Crippen LogP contribution in [0, 0.1) is 6.92 Å². The summed E-state index contributed by atoms with van der Waals surface area (Å²) < 4.78 is 5.75. The normalized spacial score (nSPS) is 10.6. The van der Waals surface area contributed by atoms with Crippen molar-refractivity contribution in [1.29, 1.82) is 0 Å². The number of hydrogen-bond donors (Lipinski definition) is 1. The van der Waals surface area contributed by atoms with Crippen LogP contribution in [0.4, 0.5) is 0 Å². The molecule has 0 spiro atoms. The van der Waals surface area contributed by atoms with Crippen LogP contribution in [0.1, 0.15) is 23.7 Å². The van der Waals surface area contributed by atoms with Crippen molar-refractivity contribution in [3.63, 3.8) is 0 Å². The quantitative estimate of drug-likeness (QED) is 0.880. The first-order chi connectivity index (χ1) is 9.67. The second-order valence-corrected chi connectivity index (χ2v) is 5.09. The Morgan fingerprint density at radius 2 is 1.90 bits per heavy atom. The van der Waals surface area contributed by atoms with Crippen LogP contribution < -0.4 is 10.1 Å². The first kappa shape index (κ1) is 14.8. The molecule has 0 radical (unpaired) electrons. The van der Waals surface area contributed by atoms with Gasteiger partial charge in [-0.2, -0.15) is 0 Å². The van der Waals surface area contributed by atoms with Gasteiger partial charge in [0, 0.05) is 23.3 Å². The summed E-state index contributed by atoms with van der Waals surface area (Å²) in [5.74, 6) is 0.660. The summed E-state index contributed by atoms with van der Waals surface area (Å²) in [6.45, 7) is 6.34. The summed E-state index contributed by atoms with van der Waals surface area (Å²) in [6.07, 6.45) is 0. The first-order valence-electron chi connectivity index (χ1n) is 6.73. The van der Waals surface area contributed by atoms with E-state index in [1.807, 2.05) is 37.3 Å². The molecule has 1 aromatic carbocycles. The zero-order valence-corrected chi connectivity index (χ0v) is 12.6. The monoisotopic (exact) mass is 290 g/mol. The number of pyridine rings is 1. The Hall–Kier alpha value is -1.58. The molecule has 3 nitrogen and oxygen atoms in total. The smallest absolute Gasteiger partial charge is 0.214 e. The van der Waals surface area contributed by atoms with E-state index in [1.54, 1.807) is 0 Å². The number of ether oxygens (including phenoxy) is 1. The third-order valence-corrected chi connectivity index (χ3v) is 3.12. The standard InChI is InChI=1S/C16H19ClN2O/c1-3-18-10-14-8-12(2)19-16(9-14)20-11-13-4-6-15(17)7-5-13/h4-9,18H,3,10-11H2,1-2H3. The number of nitrogens with one attached hydrogen (secondary N) is 1. The van der Waals surface area contributed by atoms with E-state index < -0.39 is 0 Å². The molecule has 4 heteroatoms. The van der Waals surface area contributed by atoms with Crippen LogP contribution in [0.5, 0.6) is 5.88 Å². The van der Waals surface area contributed by atoms with Crippen LogP contribution in [0.3, 0.4) is 0 Å². The van der Waals surface area contributed by atoms with Crippen LogP contribution in [-0.4, -0.2) is 11.5 Å². The molecule has 20 heavy (non-hydrogen) atoms. The highest BCUT2D eigenvalue weighted by molar-refractivity contribution is 6.30. The summed E-state index contributed by atoms with van der Waals surface area (Å²) in [6, 6.07) is 11.7. The van der Waals surface area contributed by atoms with Gasteiger partial charge in [0.1, 0.15) is 6.61 Å². The van der Waals surface area contributed by atoms with Gasteiger partial charge in [0.25, 0.3) is 0 Å². The fraction of sp³-hybridized carbons (Fsp3) is 0.312. The zero-order chi connectivity index (χ0) is 14.4. The molecule has 2 rings (SSSR count). The molecule has 0 saturated carbocycles. The van der Waals surface area contributed by atoms with Crippen molar-refractivity contribution >= 4 is 11.6 Å². The maximum absolute atomic E-state index is 5.86. The molecule has 0 aliphatic heterocycles. The van der Waals surface area contributed by atoms with Gasteiger partial charge < -0.3 is 10.1 Å². The summed E-state index contributed by atoms with van der Waals surface area (Å²) in [5, 5.41) is 4.03. The number of aromatic nitrogens is 1. The molecular formula is C16H19ClN2O. The molecule has 1 aromatic heterocycles. The third kappa shape index (κ3) is 4.51. The molecule has 1 heterocycles. The predicted molar refractivity (Wildman–Crippen MR) is 82.1 cm³/mol. The number of aryl methyl sites for hydroxylation is 1. The minimum absolute atomic E-state index is 0.494. The van der Waals surface area contributed by atoms with Gasteiger partial charge in [-0.25, -0.2) is 4.98 Å². The van der Waals surface area contributed by atoms with Gasteiger partial charge in [0.2, 0.25) is 5.88 Å². The fourth-order valence-corrected chi connectivity index (χ4v) is 2.02. The lowest BCUT2D eigenvalue weighted by Crippen LogP contribution is -2.12. The Labute approximate surface area is 124 Å². The molecule has 106 valence electrons. The van der Waals surface area contributed by atoms with Crippen LogP contribution in [-0.2, 0) is 13.2 Å². The van der Waals surface area contributed by atoms with E-state index in [2.05, 4.69) is 23.3 Å². The molecule has 1 N–H and O–H groups in total. The van der Waals surface area contributed by atoms with Crippen molar-refractivity contribution in [3.05, 3.63) is 58.2 Å². The van der Waals surface area contributed by atoms with E-state index in [0.717, 1.165) is 29.4 Å². The summed E-state index contributed by atoms with van der Waals surface area (Å²) in [5.41, 5.74) is 3.22. The van der Waals surface area contributed by atoms with Crippen molar-refractivity contribution in [2.45, 2.75) is 27.0 Å². The van der Waals surface area contributed by atoms with Crippen LogP contribution in [0.25, 0.3) is 0 Å². The van der Waals surface area contributed by atoms with E-state index in [9.17, 15) is 0 Å². The van der Waals surface area contributed by atoms with E-state index >= 15 is 0 Å². The molecule has 0 atom stereocenters. The molecular weight excluding hydrogens is 272 g/mol. The van der Waals surface area contributed by atoms with Crippen molar-refractivity contribution in [2.75, 3.05) is 6.54 Å². The van der Waals surface area contributed by atoms with Gasteiger partial charge in [-0.15, -0.1) is 0 Å². The second-order valence-electron chi connectivity index (χ2n) is 4.65. The molecule has 0 saturated heterocycles. The molecule has 0 amide bonds. The second kappa shape index (κ2) is 7.27. The highest BCUT2D eigenvalue weighted by Gasteiger charge is 2.02. The van der Waals surface area contributed by atoms with Crippen molar-refractivity contribution in [3.8, 4) is 5.88 Å². The number of hydrogen-bond acceptors (Lipinski definition) is 3. The van der Waals surface area contributed by atoms with E-state index in [4.69, 9.17) is 16.3 Å².